The largest absolute Gasteiger partial charge is 0.454 e. The third-order valence-electron chi connectivity index (χ3n) is 5.61. The smallest absolute Gasteiger partial charge is 0.257 e. The molecule has 1 saturated heterocycles. The van der Waals surface area contributed by atoms with Gasteiger partial charge in [-0.3, -0.25) is 9.69 Å². The minimum absolute atomic E-state index is 0.0232. The van der Waals surface area contributed by atoms with Crippen molar-refractivity contribution in [2.75, 3.05) is 33.0 Å². The minimum atomic E-state index is -0.0335. The lowest BCUT2D eigenvalue weighted by atomic mass is 10.1. The Morgan fingerprint density at radius 1 is 1.00 bits per heavy atom. The Bertz CT molecular complexity index is 1040. The first-order valence-corrected chi connectivity index (χ1v) is 10.0. The van der Waals surface area contributed by atoms with E-state index in [4.69, 9.17) is 14.0 Å². The molecule has 3 heterocycles. The van der Waals surface area contributed by atoms with E-state index in [9.17, 15) is 4.79 Å². The van der Waals surface area contributed by atoms with Crippen LogP contribution in [-0.2, 0) is 0 Å². The van der Waals surface area contributed by atoms with Crippen LogP contribution >= 0.6 is 0 Å². The fraction of sp³-hybridized carbons (Fsp3) is 0.318. The zero-order chi connectivity index (χ0) is 20.5. The van der Waals surface area contributed by atoms with Gasteiger partial charge in [0, 0.05) is 31.7 Å². The molecule has 1 unspecified atom stereocenters. The number of hydrogen-bond acceptors (Lipinski definition) is 7. The van der Waals surface area contributed by atoms with E-state index in [2.05, 4.69) is 22.0 Å². The fourth-order valence-corrected chi connectivity index (χ4v) is 3.85. The van der Waals surface area contributed by atoms with Gasteiger partial charge < -0.3 is 18.9 Å². The number of carbonyl (C=O) groups excluding carboxylic acids is 1. The predicted molar refractivity (Wildman–Crippen MR) is 108 cm³/mol. The minimum Gasteiger partial charge on any atom is -0.454 e. The van der Waals surface area contributed by atoms with Crippen LogP contribution in [0.3, 0.4) is 0 Å². The van der Waals surface area contributed by atoms with Crippen LogP contribution in [0.1, 0.15) is 29.2 Å². The van der Waals surface area contributed by atoms with Crippen molar-refractivity contribution in [3.8, 4) is 22.9 Å². The van der Waals surface area contributed by atoms with Crippen LogP contribution in [0.4, 0.5) is 0 Å². The highest BCUT2D eigenvalue weighted by Crippen LogP contribution is 2.36. The van der Waals surface area contributed by atoms with Gasteiger partial charge in [-0.1, -0.05) is 41.6 Å². The molecule has 1 fully saturated rings. The Balaban J connectivity index is 1.24. The highest BCUT2D eigenvalue weighted by Gasteiger charge is 2.30. The number of piperazine rings is 1. The first-order chi connectivity index (χ1) is 14.7. The van der Waals surface area contributed by atoms with Crippen LogP contribution in [0, 0.1) is 0 Å². The summed E-state index contributed by atoms with van der Waals surface area (Å²) in [7, 11) is 0. The average Bonchev–Trinajstić information content (AvgIpc) is 3.48. The summed E-state index contributed by atoms with van der Waals surface area (Å²) in [5.41, 5.74) is 1.48. The molecule has 3 aromatic rings. The van der Waals surface area contributed by atoms with Gasteiger partial charge in [-0.15, -0.1) is 0 Å². The zero-order valence-electron chi connectivity index (χ0n) is 16.7. The van der Waals surface area contributed by atoms with E-state index in [1.807, 2.05) is 47.4 Å². The molecule has 2 aliphatic heterocycles. The third-order valence-corrected chi connectivity index (χ3v) is 5.61. The van der Waals surface area contributed by atoms with E-state index in [1.165, 1.54) is 0 Å². The van der Waals surface area contributed by atoms with E-state index in [1.54, 1.807) is 6.07 Å². The van der Waals surface area contributed by atoms with Crippen molar-refractivity contribution in [3.63, 3.8) is 0 Å². The number of rotatable bonds is 4. The molecule has 0 spiro atoms. The SMILES string of the molecule is CC(c1nc(-c2ccccc2)no1)N1CCN(C(=O)c2cccc3c2OCO3)CC1. The lowest BCUT2D eigenvalue weighted by molar-refractivity contribution is 0.0548. The number of fused-ring (bicyclic) bond motifs is 1. The fourth-order valence-electron chi connectivity index (χ4n) is 3.85. The number of nitrogens with zero attached hydrogens (tertiary/aromatic N) is 4. The van der Waals surface area contributed by atoms with Crippen molar-refractivity contribution in [1.29, 1.82) is 0 Å². The second kappa shape index (κ2) is 7.79. The molecule has 1 aromatic heterocycles. The number of hydrogen-bond donors (Lipinski definition) is 0. The summed E-state index contributed by atoms with van der Waals surface area (Å²) < 4.78 is 16.4. The highest BCUT2D eigenvalue weighted by molar-refractivity contribution is 5.98. The van der Waals surface area contributed by atoms with Gasteiger partial charge in [0.1, 0.15) is 0 Å². The zero-order valence-corrected chi connectivity index (χ0v) is 16.7. The molecule has 5 rings (SSSR count). The molecule has 2 aliphatic rings. The average molecular weight is 406 g/mol. The molecular formula is C22H22N4O4. The van der Waals surface area contributed by atoms with Gasteiger partial charge in [-0.25, -0.2) is 0 Å². The van der Waals surface area contributed by atoms with Gasteiger partial charge in [0.2, 0.25) is 18.5 Å². The number of carbonyl (C=O) groups is 1. The maximum atomic E-state index is 13.0. The first-order valence-electron chi connectivity index (χ1n) is 10.0. The van der Waals surface area contributed by atoms with Crippen LogP contribution in [0.15, 0.2) is 53.1 Å². The Morgan fingerprint density at radius 3 is 2.60 bits per heavy atom. The Labute approximate surface area is 174 Å². The van der Waals surface area contributed by atoms with Crippen molar-refractivity contribution in [1.82, 2.24) is 19.9 Å². The molecule has 8 nitrogen and oxygen atoms in total. The van der Waals surface area contributed by atoms with Gasteiger partial charge in [0.25, 0.3) is 5.91 Å². The molecule has 154 valence electrons. The summed E-state index contributed by atoms with van der Waals surface area (Å²) in [4.78, 5) is 21.7. The lowest BCUT2D eigenvalue weighted by Gasteiger charge is -2.36. The van der Waals surface area contributed by atoms with Crippen LogP contribution in [0.5, 0.6) is 11.5 Å². The van der Waals surface area contributed by atoms with E-state index in [0.29, 0.717) is 41.9 Å². The number of para-hydroxylation sites is 1. The molecule has 30 heavy (non-hydrogen) atoms. The summed E-state index contributed by atoms with van der Waals surface area (Å²) in [5, 5.41) is 4.12. The normalized spacial score (nSPS) is 17.2. The first kappa shape index (κ1) is 18.6. The molecule has 1 atom stereocenters. The van der Waals surface area contributed by atoms with Crippen molar-refractivity contribution < 1.29 is 18.8 Å². The predicted octanol–water partition coefficient (Wildman–Crippen LogP) is 2.98. The molecule has 0 N–H and O–H groups in total. The summed E-state index contributed by atoms with van der Waals surface area (Å²) in [6, 6.07) is 15.2. The monoisotopic (exact) mass is 406 g/mol. The maximum absolute atomic E-state index is 13.0. The Hall–Kier alpha value is -3.39. The molecule has 1 amide bonds. The molecule has 0 saturated carbocycles. The topological polar surface area (TPSA) is 80.9 Å². The molecule has 8 heteroatoms. The number of ether oxygens (including phenoxy) is 2. The summed E-state index contributed by atoms with van der Waals surface area (Å²) in [6.07, 6.45) is 0. The molecule has 2 aromatic carbocycles. The van der Waals surface area contributed by atoms with E-state index in [0.717, 1.165) is 18.7 Å². The van der Waals surface area contributed by atoms with Crippen LogP contribution in [0.2, 0.25) is 0 Å². The lowest BCUT2D eigenvalue weighted by Crippen LogP contribution is -2.49. The van der Waals surface area contributed by atoms with Gasteiger partial charge in [0.15, 0.2) is 11.5 Å². The standard InChI is InChI=1S/C22H22N4O4/c1-15(21-23-20(24-30-21)16-6-3-2-4-7-16)25-10-12-26(13-11-25)22(27)17-8-5-9-18-19(17)29-14-28-18/h2-9,15H,10-14H2,1H3. The van der Waals surface area contributed by atoms with Gasteiger partial charge in [-0.2, -0.15) is 4.98 Å². The van der Waals surface area contributed by atoms with Gasteiger partial charge in [0.05, 0.1) is 11.6 Å². The maximum Gasteiger partial charge on any atom is 0.257 e. The van der Waals surface area contributed by atoms with Crippen molar-refractivity contribution in [2.24, 2.45) is 0 Å². The van der Waals surface area contributed by atoms with E-state index in [-0.39, 0.29) is 18.7 Å². The van der Waals surface area contributed by atoms with Gasteiger partial charge >= 0.3 is 0 Å². The van der Waals surface area contributed by atoms with Crippen molar-refractivity contribution in [2.45, 2.75) is 13.0 Å². The van der Waals surface area contributed by atoms with Crippen molar-refractivity contribution in [3.05, 3.63) is 60.0 Å². The van der Waals surface area contributed by atoms with Crippen molar-refractivity contribution >= 4 is 5.91 Å². The van der Waals surface area contributed by atoms with Crippen LogP contribution in [0.25, 0.3) is 11.4 Å². The Kier molecular flexibility index (Phi) is 4.84. The Morgan fingerprint density at radius 2 is 1.80 bits per heavy atom. The van der Waals surface area contributed by atoms with E-state index < -0.39 is 0 Å². The molecular weight excluding hydrogens is 384 g/mol. The summed E-state index contributed by atoms with van der Waals surface area (Å²) in [6.45, 7) is 4.89. The molecule has 0 bridgehead atoms. The van der Waals surface area contributed by atoms with Crippen LogP contribution < -0.4 is 9.47 Å². The second-order valence-corrected chi connectivity index (χ2v) is 7.37. The molecule has 0 aliphatic carbocycles. The third kappa shape index (κ3) is 3.39. The van der Waals surface area contributed by atoms with Gasteiger partial charge in [-0.05, 0) is 19.1 Å². The number of aromatic nitrogens is 2. The van der Waals surface area contributed by atoms with Crippen LogP contribution in [-0.4, -0.2) is 58.8 Å². The van der Waals surface area contributed by atoms with E-state index >= 15 is 0 Å². The summed E-state index contributed by atoms with van der Waals surface area (Å²) in [5.74, 6) is 2.30. The number of amides is 1. The quantitative estimate of drug-likeness (QED) is 0.659. The molecule has 0 radical (unpaired) electrons. The summed E-state index contributed by atoms with van der Waals surface area (Å²) >= 11 is 0. The number of benzene rings is 2. The highest BCUT2D eigenvalue weighted by atomic mass is 16.7. The second-order valence-electron chi connectivity index (χ2n) is 7.37.